The van der Waals surface area contributed by atoms with Gasteiger partial charge in [0.15, 0.2) is 0 Å². The SMILES string of the molecule is CCN(Cc1ccc(OC)cc1)C(=O)C(C)=C1CNC1. The zero-order valence-corrected chi connectivity index (χ0v) is 12.4. The Morgan fingerprint density at radius 1 is 1.30 bits per heavy atom. The molecule has 1 heterocycles. The number of rotatable bonds is 5. The Kier molecular flexibility index (Phi) is 4.79. The van der Waals surface area contributed by atoms with E-state index in [1.165, 1.54) is 5.57 Å². The molecule has 1 aliphatic heterocycles. The van der Waals surface area contributed by atoms with Crippen LogP contribution >= 0.6 is 0 Å². The molecule has 4 nitrogen and oxygen atoms in total. The molecular formula is C16H22N2O2. The maximum absolute atomic E-state index is 12.5. The molecule has 108 valence electrons. The van der Waals surface area contributed by atoms with E-state index in [-0.39, 0.29) is 5.91 Å². The maximum Gasteiger partial charge on any atom is 0.249 e. The first-order valence-corrected chi connectivity index (χ1v) is 6.97. The van der Waals surface area contributed by atoms with E-state index in [1.807, 2.05) is 43.0 Å². The van der Waals surface area contributed by atoms with Gasteiger partial charge in [-0.2, -0.15) is 0 Å². The van der Waals surface area contributed by atoms with Gasteiger partial charge in [-0.15, -0.1) is 0 Å². The van der Waals surface area contributed by atoms with Crippen LogP contribution in [0, 0.1) is 0 Å². The highest BCUT2D eigenvalue weighted by molar-refractivity contribution is 5.94. The summed E-state index contributed by atoms with van der Waals surface area (Å²) in [5, 5.41) is 3.17. The molecule has 1 saturated heterocycles. The predicted molar refractivity (Wildman–Crippen MR) is 79.7 cm³/mol. The number of carbonyl (C=O) groups is 1. The number of ether oxygens (including phenoxy) is 1. The second kappa shape index (κ2) is 6.57. The summed E-state index contributed by atoms with van der Waals surface area (Å²) in [4.78, 5) is 14.3. The van der Waals surface area contributed by atoms with Crippen LogP contribution in [0.4, 0.5) is 0 Å². The van der Waals surface area contributed by atoms with Crippen molar-refractivity contribution in [3.63, 3.8) is 0 Å². The lowest BCUT2D eigenvalue weighted by atomic mass is 10.0. The monoisotopic (exact) mass is 274 g/mol. The van der Waals surface area contributed by atoms with Crippen LogP contribution in [0.25, 0.3) is 0 Å². The molecule has 1 aliphatic rings. The van der Waals surface area contributed by atoms with Crippen LogP contribution in [0.3, 0.4) is 0 Å². The molecule has 1 amide bonds. The third-order valence-electron chi connectivity index (χ3n) is 3.73. The molecule has 0 saturated carbocycles. The van der Waals surface area contributed by atoms with Gasteiger partial charge in [-0.25, -0.2) is 0 Å². The average Bonchev–Trinajstić information content (AvgIpc) is 2.42. The summed E-state index contributed by atoms with van der Waals surface area (Å²) < 4.78 is 5.14. The number of amides is 1. The average molecular weight is 274 g/mol. The molecule has 1 N–H and O–H groups in total. The lowest BCUT2D eigenvalue weighted by molar-refractivity contribution is -0.127. The highest BCUT2D eigenvalue weighted by atomic mass is 16.5. The van der Waals surface area contributed by atoms with Crippen LogP contribution < -0.4 is 10.1 Å². The van der Waals surface area contributed by atoms with Gasteiger partial charge in [-0.3, -0.25) is 4.79 Å². The topological polar surface area (TPSA) is 41.6 Å². The van der Waals surface area contributed by atoms with Gasteiger partial charge in [0.1, 0.15) is 5.75 Å². The maximum atomic E-state index is 12.5. The molecule has 0 radical (unpaired) electrons. The molecule has 4 heteroatoms. The smallest absolute Gasteiger partial charge is 0.249 e. The molecule has 0 bridgehead atoms. The molecule has 0 aromatic heterocycles. The predicted octanol–water partition coefficient (Wildman–Crippen LogP) is 1.96. The molecular weight excluding hydrogens is 252 g/mol. The molecule has 0 aliphatic carbocycles. The molecule has 1 aromatic carbocycles. The standard InChI is InChI=1S/C16H22N2O2/c1-4-18(16(19)12(2)14-9-17-10-14)11-13-5-7-15(20-3)8-6-13/h5-8,17H,4,9-11H2,1-3H3. The summed E-state index contributed by atoms with van der Waals surface area (Å²) in [5.74, 6) is 0.974. The van der Waals surface area contributed by atoms with Crippen molar-refractivity contribution < 1.29 is 9.53 Å². The summed E-state index contributed by atoms with van der Waals surface area (Å²) in [6, 6.07) is 7.86. The van der Waals surface area contributed by atoms with Gasteiger partial charge in [0, 0.05) is 31.8 Å². The largest absolute Gasteiger partial charge is 0.497 e. The minimum atomic E-state index is 0.139. The first-order chi connectivity index (χ1) is 9.65. The van der Waals surface area contributed by atoms with Crippen LogP contribution in [-0.2, 0) is 11.3 Å². The van der Waals surface area contributed by atoms with Crippen molar-refractivity contribution >= 4 is 5.91 Å². The minimum Gasteiger partial charge on any atom is -0.497 e. The fraction of sp³-hybridized carbons (Fsp3) is 0.438. The molecule has 1 fully saturated rings. The van der Waals surface area contributed by atoms with Crippen molar-refractivity contribution in [2.45, 2.75) is 20.4 Å². The molecule has 1 aromatic rings. The van der Waals surface area contributed by atoms with Crippen molar-refractivity contribution in [3.05, 3.63) is 41.0 Å². The summed E-state index contributed by atoms with van der Waals surface area (Å²) in [6.07, 6.45) is 0. The third-order valence-corrected chi connectivity index (χ3v) is 3.73. The normalized spacial score (nSPS) is 13.7. The fourth-order valence-corrected chi connectivity index (χ4v) is 2.18. The zero-order valence-electron chi connectivity index (χ0n) is 12.4. The molecule has 2 rings (SSSR count). The van der Waals surface area contributed by atoms with E-state index >= 15 is 0 Å². The Bertz CT molecular complexity index is 500. The van der Waals surface area contributed by atoms with E-state index in [2.05, 4.69) is 5.32 Å². The Labute approximate surface area is 120 Å². The van der Waals surface area contributed by atoms with Crippen LogP contribution in [0.5, 0.6) is 5.75 Å². The van der Waals surface area contributed by atoms with E-state index in [9.17, 15) is 4.79 Å². The lowest BCUT2D eigenvalue weighted by Gasteiger charge is -2.26. The first kappa shape index (κ1) is 14.6. The summed E-state index contributed by atoms with van der Waals surface area (Å²) in [7, 11) is 1.65. The van der Waals surface area contributed by atoms with E-state index in [1.54, 1.807) is 7.11 Å². The molecule has 0 unspecified atom stereocenters. The van der Waals surface area contributed by atoms with Crippen molar-refractivity contribution in [2.24, 2.45) is 0 Å². The quantitative estimate of drug-likeness (QED) is 0.835. The van der Waals surface area contributed by atoms with Crippen molar-refractivity contribution in [3.8, 4) is 5.75 Å². The highest BCUT2D eigenvalue weighted by Gasteiger charge is 2.20. The van der Waals surface area contributed by atoms with E-state index in [0.717, 1.165) is 30.0 Å². The number of nitrogens with one attached hydrogen (secondary N) is 1. The zero-order chi connectivity index (χ0) is 14.5. The van der Waals surface area contributed by atoms with E-state index in [0.29, 0.717) is 13.1 Å². The van der Waals surface area contributed by atoms with E-state index in [4.69, 9.17) is 4.74 Å². The Morgan fingerprint density at radius 2 is 1.95 bits per heavy atom. The molecule has 0 spiro atoms. The third kappa shape index (κ3) is 3.20. The molecule has 20 heavy (non-hydrogen) atoms. The van der Waals surface area contributed by atoms with Gasteiger partial charge in [0.05, 0.1) is 7.11 Å². The highest BCUT2D eigenvalue weighted by Crippen LogP contribution is 2.16. The fourth-order valence-electron chi connectivity index (χ4n) is 2.18. The van der Waals surface area contributed by atoms with Crippen molar-refractivity contribution in [1.29, 1.82) is 0 Å². The van der Waals surface area contributed by atoms with Gasteiger partial charge >= 0.3 is 0 Å². The Hall–Kier alpha value is -1.81. The number of hydrogen-bond acceptors (Lipinski definition) is 3. The number of methoxy groups -OCH3 is 1. The minimum absolute atomic E-state index is 0.139. The lowest BCUT2D eigenvalue weighted by Crippen LogP contribution is -2.39. The second-order valence-corrected chi connectivity index (χ2v) is 5.00. The van der Waals surface area contributed by atoms with Crippen LogP contribution in [-0.4, -0.2) is 37.6 Å². The number of carbonyl (C=O) groups excluding carboxylic acids is 1. The van der Waals surface area contributed by atoms with E-state index < -0.39 is 0 Å². The first-order valence-electron chi connectivity index (χ1n) is 6.97. The summed E-state index contributed by atoms with van der Waals surface area (Å²) in [5.41, 5.74) is 3.23. The number of hydrogen-bond donors (Lipinski definition) is 1. The van der Waals surface area contributed by atoms with Gasteiger partial charge in [0.2, 0.25) is 5.91 Å². The van der Waals surface area contributed by atoms with Gasteiger partial charge < -0.3 is 15.0 Å². The summed E-state index contributed by atoms with van der Waals surface area (Å²) in [6.45, 7) is 6.98. The second-order valence-electron chi connectivity index (χ2n) is 5.00. The van der Waals surface area contributed by atoms with Gasteiger partial charge in [0.25, 0.3) is 0 Å². The van der Waals surface area contributed by atoms with Crippen molar-refractivity contribution in [1.82, 2.24) is 10.2 Å². The van der Waals surface area contributed by atoms with Gasteiger partial charge in [-0.1, -0.05) is 12.1 Å². The number of benzene rings is 1. The van der Waals surface area contributed by atoms with Crippen LogP contribution in [0.15, 0.2) is 35.4 Å². The van der Waals surface area contributed by atoms with Crippen molar-refractivity contribution in [2.75, 3.05) is 26.7 Å². The summed E-state index contributed by atoms with van der Waals surface area (Å²) >= 11 is 0. The van der Waals surface area contributed by atoms with Gasteiger partial charge in [-0.05, 0) is 37.1 Å². The van der Waals surface area contributed by atoms with Crippen LogP contribution in [0.1, 0.15) is 19.4 Å². The van der Waals surface area contributed by atoms with Crippen LogP contribution in [0.2, 0.25) is 0 Å². The molecule has 0 atom stereocenters. The Morgan fingerprint density at radius 3 is 2.40 bits per heavy atom. The Balaban J connectivity index is 2.06. The number of nitrogens with zero attached hydrogens (tertiary/aromatic N) is 1. The number of likely N-dealkylation sites (N-methyl/N-ethyl adjacent to an activating group) is 1.